The van der Waals surface area contributed by atoms with Gasteiger partial charge in [0.2, 0.25) is 0 Å². The zero-order chi connectivity index (χ0) is 25.8. The number of nitrogens with zero attached hydrogens (tertiary/aromatic N) is 5. The number of piperazine rings is 1. The predicted octanol–water partition coefficient (Wildman–Crippen LogP) is 2.16. The Bertz CT molecular complexity index is 1090. The van der Waals surface area contributed by atoms with Gasteiger partial charge in [-0.25, -0.2) is 14.8 Å². The van der Waals surface area contributed by atoms with E-state index in [2.05, 4.69) is 31.6 Å². The molecule has 0 bridgehead atoms. The maximum Gasteiger partial charge on any atom is 0.337 e. The minimum absolute atomic E-state index is 0.00434. The van der Waals surface area contributed by atoms with Gasteiger partial charge in [0, 0.05) is 38.3 Å². The molecule has 0 spiro atoms. The lowest BCUT2D eigenvalue weighted by atomic mass is 9.97. The van der Waals surface area contributed by atoms with Crippen LogP contribution in [0.15, 0.2) is 24.3 Å². The van der Waals surface area contributed by atoms with Crippen molar-refractivity contribution in [2.45, 2.75) is 44.8 Å². The molecule has 4 N–H and O–H groups in total. The summed E-state index contributed by atoms with van der Waals surface area (Å²) in [6.45, 7) is 7.56. The molecule has 11 heteroatoms. The first-order valence-corrected chi connectivity index (χ1v) is 12.7. The van der Waals surface area contributed by atoms with Gasteiger partial charge in [-0.15, -0.1) is 0 Å². The number of primary amides is 1. The number of amides is 1. The second kappa shape index (κ2) is 11.4. The summed E-state index contributed by atoms with van der Waals surface area (Å²) in [5.74, 6) is -0.544. The number of carbonyl (C=O) groups is 2. The van der Waals surface area contributed by atoms with E-state index in [0.717, 1.165) is 58.5 Å². The number of carbonyl (C=O) groups excluding carboxylic acids is 2. The molecule has 0 radical (unpaired) electrons. The summed E-state index contributed by atoms with van der Waals surface area (Å²) in [5, 5.41) is 0.147. The Labute approximate surface area is 216 Å². The fourth-order valence-corrected chi connectivity index (χ4v) is 5.48. The number of hydrogen-bond donors (Lipinski definition) is 2. The van der Waals surface area contributed by atoms with Crippen molar-refractivity contribution in [3.63, 3.8) is 0 Å². The van der Waals surface area contributed by atoms with E-state index in [-0.39, 0.29) is 22.6 Å². The number of nitrogen functional groups attached to an aromatic ring is 1. The van der Waals surface area contributed by atoms with Gasteiger partial charge in [0.15, 0.2) is 22.5 Å². The van der Waals surface area contributed by atoms with E-state index in [9.17, 15) is 9.59 Å². The predicted molar refractivity (Wildman–Crippen MR) is 139 cm³/mol. The lowest BCUT2D eigenvalue weighted by Crippen LogP contribution is -2.58. The molecule has 2 aromatic rings. The summed E-state index contributed by atoms with van der Waals surface area (Å²) in [7, 11) is 1.39. The van der Waals surface area contributed by atoms with Crippen LogP contribution in [0.2, 0.25) is 5.15 Å². The number of halogens is 1. The van der Waals surface area contributed by atoms with E-state index in [0.29, 0.717) is 23.5 Å². The molecule has 194 valence electrons. The highest BCUT2D eigenvalue weighted by Gasteiger charge is 2.34. The van der Waals surface area contributed by atoms with E-state index < -0.39 is 5.91 Å². The maximum atomic E-state index is 11.6. The van der Waals surface area contributed by atoms with Crippen molar-refractivity contribution in [3.05, 3.63) is 46.2 Å². The topological polar surface area (TPSA) is 131 Å². The van der Waals surface area contributed by atoms with Gasteiger partial charge < -0.3 is 21.1 Å². The van der Waals surface area contributed by atoms with Gasteiger partial charge in [-0.2, -0.15) is 0 Å². The van der Waals surface area contributed by atoms with Crippen molar-refractivity contribution in [2.24, 2.45) is 5.73 Å². The number of hydrogen-bond acceptors (Lipinski definition) is 9. The Morgan fingerprint density at radius 1 is 1.11 bits per heavy atom. The monoisotopic (exact) mass is 515 g/mol. The average Bonchev–Trinajstić information content (AvgIpc) is 2.89. The van der Waals surface area contributed by atoms with Gasteiger partial charge in [-0.3, -0.25) is 14.6 Å². The molecular formula is C25H34ClN7O3. The van der Waals surface area contributed by atoms with Crippen LogP contribution in [0.5, 0.6) is 0 Å². The number of anilines is 2. The van der Waals surface area contributed by atoms with Crippen LogP contribution < -0.4 is 16.4 Å². The lowest BCUT2D eigenvalue weighted by Gasteiger charge is -2.47. The molecule has 1 aromatic heterocycles. The molecular weight excluding hydrogens is 482 g/mol. The molecule has 4 rings (SSSR count). The van der Waals surface area contributed by atoms with Crippen LogP contribution in [0.3, 0.4) is 0 Å². The molecule has 0 saturated carbocycles. The van der Waals surface area contributed by atoms with Gasteiger partial charge in [-0.1, -0.05) is 30.7 Å². The van der Waals surface area contributed by atoms with Crippen LogP contribution in [0.1, 0.15) is 52.6 Å². The van der Waals surface area contributed by atoms with E-state index in [1.165, 1.54) is 12.7 Å². The summed E-state index contributed by atoms with van der Waals surface area (Å²) in [6.07, 6.45) is 3.22. The molecule has 36 heavy (non-hydrogen) atoms. The van der Waals surface area contributed by atoms with Crippen molar-refractivity contribution in [1.82, 2.24) is 19.8 Å². The Hall–Kier alpha value is -2.95. The largest absolute Gasteiger partial charge is 0.465 e. The van der Waals surface area contributed by atoms with Crippen LogP contribution in [0.4, 0.5) is 11.6 Å². The summed E-state index contributed by atoms with van der Waals surface area (Å²) in [6, 6.07) is 8.54. The molecule has 2 saturated heterocycles. The molecule has 1 amide bonds. The highest BCUT2D eigenvalue weighted by molar-refractivity contribution is 6.32. The third kappa shape index (κ3) is 5.71. The molecule has 1 aromatic carbocycles. The number of ether oxygens (including phenoxy) is 1. The molecule has 0 aliphatic carbocycles. The quantitative estimate of drug-likeness (QED) is 0.532. The van der Waals surface area contributed by atoms with Gasteiger partial charge in [-0.05, 0) is 50.0 Å². The number of likely N-dealkylation sites (tertiary alicyclic amines) is 1. The smallest absolute Gasteiger partial charge is 0.337 e. The second-order valence-corrected chi connectivity index (χ2v) is 9.74. The molecule has 3 heterocycles. The van der Waals surface area contributed by atoms with E-state index in [1.807, 2.05) is 24.3 Å². The maximum absolute atomic E-state index is 11.6. The Morgan fingerprint density at radius 2 is 1.81 bits per heavy atom. The minimum Gasteiger partial charge on any atom is -0.465 e. The molecule has 10 nitrogen and oxygen atoms in total. The number of esters is 1. The van der Waals surface area contributed by atoms with Gasteiger partial charge >= 0.3 is 5.97 Å². The second-order valence-electron chi connectivity index (χ2n) is 9.38. The van der Waals surface area contributed by atoms with Crippen LogP contribution in [-0.2, 0) is 11.3 Å². The lowest BCUT2D eigenvalue weighted by molar-refractivity contribution is 0.0598. The third-order valence-corrected chi connectivity index (χ3v) is 7.46. The van der Waals surface area contributed by atoms with Crippen molar-refractivity contribution in [2.75, 3.05) is 50.5 Å². The molecule has 1 atom stereocenters. The highest BCUT2D eigenvalue weighted by Crippen LogP contribution is 2.29. The Morgan fingerprint density at radius 3 is 2.42 bits per heavy atom. The van der Waals surface area contributed by atoms with E-state index in [1.54, 1.807) is 0 Å². The molecule has 0 unspecified atom stereocenters. The molecule has 2 aliphatic heterocycles. The van der Waals surface area contributed by atoms with Gasteiger partial charge in [0.25, 0.3) is 5.91 Å². The SMILES string of the molecule is CC[C@H]1CN(c2nc(N)c(C(N)=O)nc2Cl)CCN1C1CCN(Cc2ccc(C(=O)OC)cc2)CC1. The zero-order valence-electron chi connectivity index (χ0n) is 20.8. The van der Waals surface area contributed by atoms with Crippen LogP contribution in [-0.4, -0.2) is 83.6 Å². The van der Waals surface area contributed by atoms with Crippen molar-refractivity contribution < 1.29 is 14.3 Å². The number of nitrogens with two attached hydrogens (primary N) is 2. The number of rotatable bonds is 7. The number of methoxy groups -OCH3 is 1. The number of benzene rings is 1. The van der Waals surface area contributed by atoms with Crippen molar-refractivity contribution >= 4 is 35.1 Å². The van der Waals surface area contributed by atoms with Crippen LogP contribution in [0, 0.1) is 0 Å². The standard InChI is InChI=1S/C25H34ClN7O3/c1-3-18-15-32(24-21(26)29-20(23(28)34)22(27)30-24)12-13-33(18)19-8-10-31(11-9-19)14-16-4-6-17(7-5-16)25(35)36-2/h4-7,18-19H,3,8-15H2,1-2H3,(H2,27,30)(H2,28,34)/t18-/m0/s1. The van der Waals surface area contributed by atoms with Crippen molar-refractivity contribution in [3.8, 4) is 0 Å². The fraction of sp³-hybridized carbons (Fsp3) is 0.520. The summed E-state index contributed by atoms with van der Waals surface area (Å²) in [4.78, 5) is 38.8. The Balaban J connectivity index is 1.33. The third-order valence-electron chi connectivity index (χ3n) is 7.20. The van der Waals surface area contributed by atoms with Gasteiger partial charge in [0.05, 0.1) is 12.7 Å². The summed E-state index contributed by atoms with van der Waals surface area (Å²) in [5.41, 5.74) is 12.9. The van der Waals surface area contributed by atoms with Gasteiger partial charge in [0.1, 0.15) is 0 Å². The normalized spacial score (nSPS) is 19.9. The zero-order valence-corrected chi connectivity index (χ0v) is 21.6. The Kier molecular flexibility index (Phi) is 8.28. The number of aromatic nitrogens is 2. The highest BCUT2D eigenvalue weighted by atomic mass is 35.5. The fourth-order valence-electron chi connectivity index (χ4n) is 5.24. The minimum atomic E-state index is -0.741. The molecule has 2 aliphatic rings. The summed E-state index contributed by atoms with van der Waals surface area (Å²) < 4.78 is 4.78. The van der Waals surface area contributed by atoms with E-state index in [4.69, 9.17) is 27.8 Å². The van der Waals surface area contributed by atoms with Crippen molar-refractivity contribution in [1.29, 1.82) is 0 Å². The average molecular weight is 516 g/mol. The molecule has 2 fully saturated rings. The van der Waals surface area contributed by atoms with Crippen LogP contribution in [0.25, 0.3) is 0 Å². The first kappa shape index (κ1) is 26.1. The number of piperidine rings is 1. The first-order valence-electron chi connectivity index (χ1n) is 12.3. The van der Waals surface area contributed by atoms with Crippen LogP contribution >= 0.6 is 11.6 Å². The first-order chi connectivity index (χ1) is 17.3. The summed E-state index contributed by atoms with van der Waals surface area (Å²) >= 11 is 6.35. The van der Waals surface area contributed by atoms with E-state index >= 15 is 0 Å².